The number of aromatic nitrogens is 1. The lowest BCUT2D eigenvalue weighted by Crippen LogP contribution is -2.39. The average Bonchev–Trinajstić information content (AvgIpc) is 3.06. The summed E-state index contributed by atoms with van der Waals surface area (Å²) in [6.45, 7) is 1.83. The zero-order valence-electron chi connectivity index (χ0n) is 18.0. The number of carboxylic acid groups (broad SMARTS) is 1. The van der Waals surface area contributed by atoms with Gasteiger partial charge in [-0.3, -0.25) is 4.79 Å². The summed E-state index contributed by atoms with van der Waals surface area (Å²) < 4.78 is 15.9. The maximum absolute atomic E-state index is 14.0. The van der Waals surface area contributed by atoms with E-state index in [4.69, 9.17) is 0 Å². The number of aromatic hydroxyl groups is 1. The molecule has 1 amide bonds. The van der Waals surface area contributed by atoms with Crippen LogP contribution in [0.1, 0.15) is 49.0 Å². The number of nitrogens with one attached hydrogen (secondary N) is 1. The number of carbonyl (C=O) groups excluding carboxylic acids is 1. The number of carboxylic acids is 1. The number of phenolic OH excluding ortho intramolecular Hbond substituents is 1. The van der Waals surface area contributed by atoms with Gasteiger partial charge in [0.1, 0.15) is 17.6 Å². The van der Waals surface area contributed by atoms with Crippen LogP contribution in [0, 0.1) is 5.82 Å². The summed E-state index contributed by atoms with van der Waals surface area (Å²) in [7, 11) is 0. The first-order valence-electron chi connectivity index (χ1n) is 11.0. The lowest BCUT2D eigenvalue weighted by Gasteiger charge is -2.26. The molecule has 1 aromatic heterocycles. The van der Waals surface area contributed by atoms with E-state index in [1.54, 1.807) is 24.3 Å². The SMILES string of the molecule is CCC(C(=O)O)n1c2c(c3cc(F)ccc31)CC(NC(=O)CCc1cccc(O)c1)CC2. The molecule has 4 rings (SSSR count). The van der Waals surface area contributed by atoms with Crippen LogP contribution < -0.4 is 5.32 Å². The Balaban J connectivity index is 1.54. The Labute approximate surface area is 185 Å². The van der Waals surface area contributed by atoms with Crippen LogP contribution in [0.3, 0.4) is 0 Å². The van der Waals surface area contributed by atoms with Crippen LogP contribution in [0.15, 0.2) is 42.5 Å². The van der Waals surface area contributed by atoms with E-state index in [9.17, 15) is 24.2 Å². The average molecular weight is 438 g/mol. The minimum atomic E-state index is -0.904. The largest absolute Gasteiger partial charge is 0.508 e. The normalized spacial score (nSPS) is 16.5. The molecule has 3 aromatic rings. The maximum atomic E-state index is 14.0. The van der Waals surface area contributed by atoms with Gasteiger partial charge in [-0.25, -0.2) is 9.18 Å². The molecule has 2 aromatic carbocycles. The second-order valence-corrected chi connectivity index (χ2v) is 8.40. The molecule has 32 heavy (non-hydrogen) atoms. The van der Waals surface area contributed by atoms with E-state index in [-0.39, 0.29) is 23.5 Å². The highest BCUT2D eigenvalue weighted by atomic mass is 19.1. The number of halogens is 1. The Hall–Kier alpha value is -3.35. The highest BCUT2D eigenvalue weighted by Crippen LogP contribution is 2.36. The molecule has 6 nitrogen and oxygen atoms in total. The van der Waals surface area contributed by atoms with E-state index >= 15 is 0 Å². The third-order valence-corrected chi connectivity index (χ3v) is 6.26. The predicted molar refractivity (Wildman–Crippen MR) is 119 cm³/mol. The number of aryl methyl sites for hydroxylation is 1. The quantitative estimate of drug-likeness (QED) is 0.517. The van der Waals surface area contributed by atoms with Gasteiger partial charge in [0.05, 0.1) is 0 Å². The van der Waals surface area contributed by atoms with Crippen LogP contribution in [-0.4, -0.2) is 32.7 Å². The van der Waals surface area contributed by atoms with Gasteiger partial charge in [-0.05, 0) is 73.6 Å². The zero-order valence-corrected chi connectivity index (χ0v) is 18.0. The Kier molecular flexibility index (Phi) is 6.17. The van der Waals surface area contributed by atoms with Crippen molar-refractivity contribution in [2.24, 2.45) is 0 Å². The van der Waals surface area contributed by atoms with Crippen molar-refractivity contribution in [2.45, 2.75) is 57.5 Å². The molecule has 168 valence electrons. The smallest absolute Gasteiger partial charge is 0.326 e. The van der Waals surface area contributed by atoms with Crippen molar-refractivity contribution < 1.29 is 24.2 Å². The van der Waals surface area contributed by atoms with Crippen molar-refractivity contribution >= 4 is 22.8 Å². The van der Waals surface area contributed by atoms with Crippen LogP contribution in [-0.2, 0) is 28.9 Å². The summed E-state index contributed by atoms with van der Waals surface area (Å²) in [5.41, 5.74) is 3.46. The minimum Gasteiger partial charge on any atom is -0.508 e. The van der Waals surface area contributed by atoms with Crippen LogP contribution in [0.25, 0.3) is 10.9 Å². The Morgan fingerprint density at radius 1 is 1.25 bits per heavy atom. The second-order valence-electron chi connectivity index (χ2n) is 8.40. The molecule has 2 atom stereocenters. The molecule has 2 unspecified atom stereocenters. The van der Waals surface area contributed by atoms with Gasteiger partial charge in [0, 0.05) is 29.1 Å². The van der Waals surface area contributed by atoms with Crippen LogP contribution in [0.4, 0.5) is 4.39 Å². The second kappa shape index (κ2) is 9.02. The molecule has 1 aliphatic rings. The van der Waals surface area contributed by atoms with Crippen LogP contribution in [0.5, 0.6) is 5.75 Å². The molecule has 0 saturated heterocycles. The zero-order chi connectivity index (χ0) is 22.8. The lowest BCUT2D eigenvalue weighted by molar-refractivity contribution is -0.141. The molecule has 0 spiro atoms. The van der Waals surface area contributed by atoms with Crippen molar-refractivity contribution in [1.29, 1.82) is 0 Å². The number of carbonyl (C=O) groups is 2. The molecule has 0 aliphatic heterocycles. The monoisotopic (exact) mass is 438 g/mol. The van der Waals surface area contributed by atoms with E-state index in [0.717, 1.165) is 27.7 Å². The summed E-state index contributed by atoms with van der Waals surface area (Å²) >= 11 is 0. The first-order chi connectivity index (χ1) is 15.4. The summed E-state index contributed by atoms with van der Waals surface area (Å²) in [6.07, 6.45) is 3.11. The van der Waals surface area contributed by atoms with E-state index in [2.05, 4.69) is 5.32 Å². The molecular formula is C25H27FN2O4. The third-order valence-electron chi connectivity index (χ3n) is 6.26. The van der Waals surface area contributed by atoms with Crippen LogP contribution in [0.2, 0.25) is 0 Å². The van der Waals surface area contributed by atoms with Crippen molar-refractivity contribution in [1.82, 2.24) is 9.88 Å². The van der Waals surface area contributed by atoms with Gasteiger partial charge in [0.25, 0.3) is 0 Å². The first kappa shape index (κ1) is 21.9. The fourth-order valence-corrected chi connectivity index (χ4v) is 4.78. The highest BCUT2D eigenvalue weighted by molar-refractivity contribution is 5.88. The van der Waals surface area contributed by atoms with Crippen molar-refractivity contribution in [3.05, 3.63) is 65.1 Å². The van der Waals surface area contributed by atoms with Crippen molar-refractivity contribution in [2.75, 3.05) is 0 Å². The van der Waals surface area contributed by atoms with E-state index in [1.807, 2.05) is 17.6 Å². The molecule has 3 N–H and O–H groups in total. The van der Waals surface area contributed by atoms with Crippen molar-refractivity contribution in [3.8, 4) is 5.75 Å². The van der Waals surface area contributed by atoms with Crippen LogP contribution >= 0.6 is 0 Å². The van der Waals surface area contributed by atoms with E-state index in [1.165, 1.54) is 12.1 Å². The Morgan fingerprint density at radius 3 is 2.78 bits per heavy atom. The lowest BCUT2D eigenvalue weighted by atomic mass is 9.91. The Bertz CT molecular complexity index is 1170. The van der Waals surface area contributed by atoms with Gasteiger partial charge in [-0.1, -0.05) is 19.1 Å². The van der Waals surface area contributed by atoms with E-state index < -0.39 is 12.0 Å². The number of hydrogen-bond acceptors (Lipinski definition) is 3. The number of aliphatic carboxylic acids is 1. The van der Waals surface area contributed by atoms with Gasteiger partial charge >= 0.3 is 5.97 Å². The van der Waals surface area contributed by atoms with Gasteiger partial charge in [-0.15, -0.1) is 0 Å². The maximum Gasteiger partial charge on any atom is 0.326 e. The summed E-state index contributed by atoms with van der Waals surface area (Å²) in [6, 6.07) is 10.5. The number of amides is 1. The van der Waals surface area contributed by atoms with E-state index in [0.29, 0.717) is 38.5 Å². The third kappa shape index (κ3) is 4.33. The number of nitrogens with zero attached hydrogens (tertiary/aromatic N) is 1. The van der Waals surface area contributed by atoms with Gasteiger partial charge in [0.2, 0.25) is 5.91 Å². The number of hydrogen-bond donors (Lipinski definition) is 3. The fraction of sp³-hybridized carbons (Fsp3) is 0.360. The summed E-state index contributed by atoms with van der Waals surface area (Å²) in [5.74, 6) is -1.16. The van der Waals surface area contributed by atoms with Crippen molar-refractivity contribution in [3.63, 3.8) is 0 Å². The van der Waals surface area contributed by atoms with Gasteiger partial charge < -0.3 is 20.1 Å². The molecule has 7 heteroatoms. The topological polar surface area (TPSA) is 91.6 Å². The number of fused-ring (bicyclic) bond motifs is 3. The number of benzene rings is 2. The minimum absolute atomic E-state index is 0.0753. The van der Waals surface area contributed by atoms with Gasteiger partial charge in [0.15, 0.2) is 0 Å². The predicted octanol–water partition coefficient (Wildman–Crippen LogP) is 4.13. The molecule has 0 bridgehead atoms. The summed E-state index contributed by atoms with van der Waals surface area (Å²) in [5, 5.41) is 23.1. The molecule has 0 saturated carbocycles. The Morgan fingerprint density at radius 2 is 2.06 bits per heavy atom. The molecular weight excluding hydrogens is 411 g/mol. The molecule has 1 aliphatic carbocycles. The molecule has 0 radical (unpaired) electrons. The highest BCUT2D eigenvalue weighted by Gasteiger charge is 2.30. The fourth-order valence-electron chi connectivity index (χ4n) is 4.78. The summed E-state index contributed by atoms with van der Waals surface area (Å²) in [4.78, 5) is 24.4. The first-order valence-corrected chi connectivity index (χ1v) is 11.0. The number of phenols is 1. The number of rotatable bonds is 7. The molecule has 0 fully saturated rings. The molecule has 1 heterocycles. The van der Waals surface area contributed by atoms with Gasteiger partial charge in [-0.2, -0.15) is 0 Å². The standard InChI is InChI=1S/C25H27FN2O4/c1-2-21(25(31)32)28-22-9-7-16(26)13-19(22)20-14-17(8-10-23(20)28)27-24(30)11-6-15-4-3-5-18(29)12-15/h3-5,7,9,12-13,17,21,29H,2,6,8,10-11,14H2,1H3,(H,27,30)(H,31,32).